The normalized spacial score (nSPS) is 14.1. The molecule has 1 aromatic carbocycles. The molecule has 0 spiro atoms. The van der Waals surface area contributed by atoms with Gasteiger partial charge in [0.25, 0.3) is 0 Å². The summed E-state index contributed by atoms with van der Waals surface area (Å²) in [5.74, 6) is -0.300. The fourth-order valence-electron chi connectivity index (χ4n) is 1.81. The predicted octanol–water partition coefficient (Wildman–Crippen LogP) is 2.38. The highest BCUT2D eigenvalue weighted by atomic mass is 19.1. The van der Waals surface area contributed by atoms with Crippen LogP contribution in [0.3, 0.4) is 0 Å². The number of carbonyl (C=O) groups is 1. The van der Waals surface area contributed by atoms with Gasteiger partial charge in [0, 0.05) is 7.05 Å². The summed E-state index contributed by atoms with van der Waals surface area (Å²) < 4.78 is 13.5. The van der Waals surface area contributed by atoms with Crippen LogP contribution in [0.25, 0.3) is 0 Å². The highest BCUT2D eigenvalue weighted by molar-refractivity contribution is 5.92. The number of nitrogens with zero attached hydrogens (tertiary/aromatic N) is 2. The minimum atomic E-state index is -0.557. The smallest absolute Gasteiger partial charge is 0.343 e. The van der Waals surface area contributed by atoms with Crippen molar-refractivity contribution in [2.45, 2.75) is 18.8 Å². The molecule has 1 fully saturated rings. The van der Waals surface area contributed by atoms with Crippen molar-refractivity contribution in [3.63, 3.8) is 0 Å². The average molecular weight is 251 g/mol. The topological polar surface area (TPSA) is 94.6 Å². The summed E-state index contributed by atoms with van der Waals surface area (Å²) in [5.41, 5.74) is 13.5. The van der Waals surface area contributed by atoms with E-state index in [0.29, 0.717) is 11.3 Å². The summed E-state index contributed by atoms with van der Waals surface area (Å²) in [7, 11) is 1.43. The lowest BCUT2D eigenvalue weighted by Crippen LogP contribution is -2.34. The first-order valence-corrected chi connectivity index (χ1v) is 5.56. The van der Waals surface area contributed by atoms with E-state index >= 15 is 0 Å². The van der Waals surface area contributed by atoms with Crippen molar-refractivity contribution >= 4 is 17.4 Å². The number of nitrogen functional groups attached to an aromatic ring is 1. The average Bonchev–Trinajstić information content (AvgIpc) is 3.18. The van der Waals surface area contributed by atoms with E-state index in [4.69, 9.17) is 11.3 Å². The second kappa shape index (κ2) is 4.59. The van der Waals surface area contributed by atoms with Crippen LogP contribution in [0.1, 0.15) is 24.3 Å². The summed E-state index contributed by atoms with van der Waals surface area (Å²) in [6, 6.07) is 2.11. The molecule has 1 aromatic rings. The molecule has 4 N–H and O–H groups in total. The second-order valence-electron chi connectivity index (χ2n) is 4.17. The van der Waals surface area contributed by atoms with E-state index in [1.807, 2.05) is 0 Å². The van der Waals surface area contributed by atoms with Crippen molar-refractivity contribution in [3.05, 3.63) is 23.5 Å². The number of hydrogen-bond donors (Lipinski definition) is 3. The molecule has 96 valence electrons. The van der Waals surface area contributed by atoms with Gasteiger partial charge in [-0.2, -0.15) is 10.5 Å². The van der Waals surface area contributed by atoms with Gasteiger partial charge in [-0.25, -0.2) is 9.18 Å². The van der Waals surface area contributed by atoms with Crippen LogP contribution >= 0.6 is 0 Å². The molecule has 1 saturated carbocycles. The van der Waals surface area contributed by atoms with Crippen molar-refractivity contribution in [2.75, 3.05) is 17.8 Å². The zero-order valence-corrected chi connectivity index (χ0v) is 9.90. The predicted molar refractivity (Wildman–Crippen MR) is 64.9 cm³/mol. The van der Waals surface area contributed by atoms with Crippen LogP contribution in [0.2, 0.25) is 0 Å². The maximum atomic E-state index is 13.5. The van der Waals surface area contributed by atoms with Gasteiger partial charge >= 0.3 is 6.03 Å². The van der Waals surface area contributed by atoms with Crippen LogP contribution in [0.4, 0.5) is 20.6 Å². The third kappa shape index (κ3) is 2.11. The molecule has 7 heteroatoms. The Labute approximate surface area is 103 Å². The number of nitrogens with two attached hydrogens (primary N) is 1. The number of rotatable bonds is 3. The number of urea groups is 1. The van der Waals surface area contributed by atoms with Crippen LogP contribution in [0.5, 0.6) is 0 Å². The van der Waals surface area contributed by atoms with E-state index in [2.05, 4.69) is 10.5 Å². The highest BCUT2D eigenvalue weighted by Crippen LogP contribution is 2.45. The number of halogens is 1. The molecule has 0 bridgehead atoms. The molecule has 0 heterocycles. The zero-order valence-electron chi connectivity index (χ0n) is 9.90. The molecule has 0 aliphatic heterocycles. The van der Waals surface area contributed by atoms with Gasteiger partial charge in [0.15, 0.2) is 0 Å². The summed E-state index contributed by atoms with van der Waals surface area (Å²) in [5, 5.41) is 6.42. The van der Waals surface area contributed by atoms with E-state index < -0.39 is 11.8 Å². The number of anilines is 2. The summed E-state index contributed by atoms with van der Waals surface area (Å²) in [6.45, 7) is 0. The maximum absolute atomic E-state index is 13.5. The van der Waals surface area contributed by atoms with E-state index in [9.17, 15) is 9.18 Å². The zero-order chi connectivity index (χ0) is 13.3. The van der Waals surface area contributed by atoms with E-state index in [1.54, 1.807) is 0 Å². The van der Waals surface area contributed by atoms with Gasteiger partial charge in [0.05, 0.1) is 11.4 Å². The number of carbonyl (C=O) groups excluding carboxylic acids is 1. The molecule has 6 nitrogen and oxygen atoms in total. The Hall–Kier alpha value is -2.18. The first-order valence-electron chi connectivity index (χ1n) is 5.56. The molecule has 0 unspecified atom stereocenters. The van der Waals surface area contributed by atoms with Crippen LogP contribution in [-0.2, 0) is 0 Å². The number of hydrogen-bond acceptors (Lipinski definition) is 4. The Bertz CT molecular complexity index is 500. The van der Waals surface area contributed by atoms with Crippen LogP contribution in [0, 0.1) is 11.3 Å². The van der Waals surface area contributed by atoms with Gasteiger partial charge in [-0.15, -0.1) is 0 Å². The Kier molecular flexibility index (Phi) is 3.14. The molecular weight excluding hydrogens is 237 g/mol. The van der Waals surface area contributed by atoms with Crippen LogP contribution in [-0.4, -0.2) is 13.1 Å². The summed E-state index contributed by atoms with van der Waals surface area (Å²) in [4.78, 5) is 11.6. The lowest BCUT2D eigenvalue weighted by Gasteiger charge is -2.18. The van der Waals surface area contributed by atoms with Gasteiger partial charge in [-0.1, -0.05) is 5.22 Å². The Morgan fingerprint density at radius 1 is 1.61 bits per heavy atom. The second-order valence-corrected chi connectivity index (χ2v) is 4.17. The molecule has 0 aromatic heterocycles. The largest absolute Gasteiger partial charge is 0.396 e. The fraction of sp³-hybridized carbons (Fsp3) is 0.364. The summed E-state index contributed by atoms with van der Waals surface area (Å²) in [6.07, 6.45) is 1.88. The maximum Gasteiger partial charge on any atom is 0.343 e. The fourth-order valence-corrected chi connectivity index (χ4v) is 1.81. The highest BCUT2D eigenvalue weighted by Gasteiger charge is 2.30. The molecule has 18 heavy (non-hydrogen) atoms. The number of nitrogens with one attached hydrogen (secondary N) is 2. The molecule has 0 radical (unpaired) electrons. The monoisotopic (exact) mass is 251 g/mol. The van der Waals surface area contributed by atoms with E-state index in [1.165, 1.54) is 19.2 Å². The minimum absolute atomic E-state index is 0.0630. The number of amides is 2. The first-order chi connectivity index (χ1) is 8.58. The van der Waals surface area contributed by atoms with E-state index in [0.717, 1.165) is 17.9 Å². The molecule has 2 amide bonds. The van der Waals surface area contributed by atoms with Gasteiger partial charge in [0.2, 0.25) is 0 Å². The van der Waals surface area contributed by atoms with Crippen LogP contribution in [0.15, 0.2) is 17.4 Å². The quantitative estimate of drug-likeness (QED) is 0.437. The third-order valence-corrected chi connectivity index (χ3v) is 2.90. The van der Waals surface area contributed by atoms with Crippen molar-refractivity contribution in [2.24, 2.45) is 5.22 Å². The Balaban J connectivity index is 2.50. The first kappa shape index (κ1) is 12.3. The lowest BCUT2D eigenvalue weighted by molar-refractivity contribution is 0.248. The Morgan fingerprint density at radius 3 is 2.78 bits per heavy atom. The van der Waals surface area contributed by atoms with Gasteiger partial charge in [0.1, 0.15) is 5.82 Å². The minimum Gasteiger partial charge on any atom is -0.396 e. The molecule has 0 atom stereocenters. The van der Waals surface area contributed by atoms with E-state index in [-0.39, 0.29) is 11.6 Å². The molecule has 2 rings (SSSR count). The lowest BCUT2D eigenvalue weighted by atomic mass is 10.1. The molecular formula is C11H14FN5O. The third-order valence-electron chi connectivity index (χ3n) is 2.90. The van der Waals surface area contributed by atoms with Gasteiger partial charge < -0.3 is 11.1 Å². The molecule has 1 aliphatic carbocycles. The van der Waals surface area contributed by atoms with Crippen molar-refractivity contribution < 1.29 is 9.18 Å². The van der Waals surface area contributed by atoms with Crippen molar-refractivity contribution in [1.82, 2.24) is 5.32 Å². The standard InChI is InChI=1S/C11H14FN5O/c1-15-11(18)17(16-14)10-5-9(13)8(12)4-7(10)6-2-3-6/h4-6,14H,2-3,13H2,1H3,(H,15,18). The van der Waals surface area contributed by atoms with Crippen LogP contribution < -0.4 is 16.1 Å². The SMILES string of the molecule is CNC(=O)N(N=N)c1cc(N)c(F)cc1C1CC1. The molecule has 1 aliphatic rings. The molecule has 0 saturated heterocycles. The number of benzene rings is 1. The van der Waals surface area contributed by atoms with Gasteiger partial charge in [-0.3, -0.25) is 0 Å². The van der Waals surface area contributed by atoms with Crippen molar-refractivity contribution in [1.29, 1.82) is 5.53 Å². The van der Waals surface area contributed by atoms with Gasteiger partial charge in [-0.05, 0) is 36.5 Å². The Morgan fingerprint density at radius 2 is 2.28 bits per heavy atom. The van der Waals surface area contributed by atoms with Crippen molar-refractivity contribution in [3.8, 4) is 0 Å². The summed E-state index contributed by atoms with van der Waals surface area (Å²) >= 11 is 0.